The van der Waals surface area contributed by atoms with E-state index in [1.165, 1.54) is 0 Å². The second kappa shape index (κ2) is 3.61. The number of nitrogens with zero attached hydrogens (tertiary/aromatic N) is 1. The third-order valence-electron chi connectivity index (χ3n) is 1.89. The predicted molar refractivity (Wildman–Crippen MR) is 50.0 cm³/mol. The number of rotatable bonds is 1. The Morgan fingerprint density at radius 3 is 2.77 bits per heavy atom. The molecule has 0 aliphatic carbocycles. The van der Waals surface area contributed by atoms with Crippen LogP contribution in [0.25, 0.3) is 4.85 Å². The second-order valence-corrected chi connectivity index (χ2v) is 2.78. The lowest BCUT2D eigenvalue weighted by atomic mass is 9.79. The van der Waals surface area contributed by atoms with Gasteiger partial charge in [0, 0.05) is 0 Å². The van der Waals surface area contributed by atoms with Crippen LogP contribution in [0, 0.1) is 6.57 Å². The van der Waals surface area contributed by atoms with Crippen LogP contribution in [0.15, 0.2) is 24.3 Å². The van der Waals surface area contributed by atoms with Gasteiger partial charge in [-0.15, -0.1) is 0 Å². The van der Waals surface area contributed by atoms with Crippen LogP contribution in [0.4, 0.5) is 5.69 Å². The summed E-state index contributed by atoms with van der Waals surface area (Å²) in [5.41, 5.74) is 1.54. The molecule has 2 rings (SSSR count). The molecule has 0 amide bonds. The first kappa shape index (κ1) is 8.30. The highest BCUT2D eigenvalue weighted by Gasteiger charge is 2.25. The molecule has 4 heteroatoms. The van der Waals surface area contributed by atoms with Crippen LogP contribution in [0.5, 0.6) is 0 Å². The van der Waals surface area contributed by atoms with E-state index in [1.807, 2.05) is 12.1 Å². The third kappa shape index (κ3) is 1.72. The molecule has 1 aromatic rings. The maximum Gasteiger partial charge on any atom is 0.492 e. The van der Waals surface area contributed by atoms with Gasteiger partial charge in [0.05, 0.1) is 19.8 Å². The molecule has 64 valence electrons. The molecule has 13 heavy (non-hydrogen) atoms. The van der Waals surface area contributed by atoms with Crippen molar-refractivity contribution in [3.8, 4) is 0 Å². The topological polar surface area (TPSA) is 22.8 Å². The highest BCUT2D eigenvalue weighted by Crippen LogP contribution is 2.10. The van der Waals surface area contributed by atoms with E-state index < -0.39 is 0 Å². The van der Waals surface area contributed by atoms with Crippen LogP contribution < -0.4 is 5.46 Å². The molecule has 1 aliphatic rings. The molecule has 0 spiro atoms. The lowest BCUT2D eigenvalue weighted by Gasteiger charge is -2.03. The van der Waals surface area contributed by atoms with E-state index in [2.05, 4.69) is 4.85 Å². The molecular weight excluding hydrogens is 165 g/mol. The van der Waals surface area contributed by atoms with Gasteiger partial charge in [0.15, 0.2) is 5.69 Å². The maximum absolute atomic E-state index is 6.85. The fourth-order valence-corrected chi connectivity index (χ4v) is 1.29. The normalized spacial score (nSPS) is 15.8. The SMILES string of the molecule is [C-]#[N+]c1cccc(B2OCCO2)c1. The monoisotopic (exact) mass is 173 g/mol. The van der Waals surface area contributed by atoms with Gasteiger partial charge in [-0.3, -0.25) is 0 Å². The van der Waals surface area contributed by atoms with Gasteiger partial charge in [0.25, 0.3) is 0 Å². The highest BCUT2D eigenvalue weighted by atomic mass is 16.6. The van der Waals surface area contributed by atoms with Crippen LogP contribution in [0.2, 0.25) is 0 Å². The van der Waals surface area contributed by atoms with Crippen LogP contribution in [-0.4, -0.2) is 20.3 Å². The minimum Gasteiger partial charge on any atom is -0.405 e. The first-order chi connectivity index (χ1) is 6.40. The van der Waals surface area contributed by atoms with Crippen molar-refractivity contribution in [3.05, 3.63) is 35.7 Å². The van der Waals surface area contributed by atoms with Crippen LogP contribution in [-0.2, 0) is 9.31 Å². The van der Waals surface area contributed by atoms with E-state index in [4.69, 9.17) is 15.9 Å². The van der Waals surface area contributed by atoms with Crippen LogP contribution in [0.3, 0.4) is 0 Å². The van der Waals surface area contributed by atoms with E-state index in [0.717, 1.165) is 5.46 Å². The summed E-state index contributed by atoms with van der Waals surface area (Å²) >= 11 is 0. The second-order valence-electron chi connectivity index (χ2n) is 2.78. The first-order valence-electron chi connectivity index (χ1n) is 4.11. The quantitative estimate of drug-likeness (QED) is 0.466. The fourth-order valence-electron chi connectivity index (χ4n) is 1.29. The summed E-state index contributed by atoms with van der Waals surface area (Å²) in [5.74, 6) is 0. The summed E-state index contributed by atoms with van der Waals surface area (Å²) < 4.78 is 10.6. The van der Waals surface area contributed by atoms with Gasteiger partial charge in [-0.25, -0.2) is 4.85 Å². The Morgan fingerprint density at radius 2 is 2.08 bits per heavy atom. The van der Waals surface area contributed by atoms with Gasteiger partial charge >= 0.3 is 7.12 Å². The molecule has 1 fully saturated rings. The molecule has 0 N–H and O–H groups in total. The zero-order chi connectivity index (χ0) is 9.10. The lowest BCUT2D eigenvalue weighted by molar-refractivity contribution is 0.365. The van der Waals surface area contributed by atoms with Gasteiger partial charge < -0.3 is 9.31 Å². The van der Waals surface area contributed by atoms with Crippen molar-refractivity contribution in [2.24, 2.45) is 0 Å². The number of benzene rings is 1. The Bertz CT molecular complexity index is 342. The van der Waals surface area contributed by atoms with E-state index in [9.17, 15) is 0 Å². The smallest absolute Gasteiger partial charge is 0.405 e. The molecule has 0 radical (unpaired) electrons. The summed E-state index contributed by atoms with van der Waals surface area (Å²) in [7, 11) is -0.276. The Morgan fingerprint density at radius 1 is 1.31 bits per heavy atom. The molecule has 0 saturated carbocycles. The lowest BCUT2D eigenvalue weighted by Crippen LogP contribution is -2.31. The summed E-state index contributed by atoms with van der Waals surface area (Å²) in [4.78, 5) is 3.34. The maximum atomic E-state index is 6.85. The van der Waals surface area contributed by atoms with Crippen molar-refractivity contribution >= 4 is 18.3 Å². The Kier molecular flexibility index (Phi) is 2.30. The largest absolute Gasteiger partial charge is 0.492 e. The Labute approximate surface area is 77.2 Å². The predicted octanol–water partition coefficient (Wildman–Crippen LogP) is 0.979. The van der Waals surface area contributed by atoms with Crippen LogP contribution >= 0.6 is 0 Å². The Balaban J connectivity index is 2.25. The van der Waals surface area contributed by atoms with E-state index in [1.54, 1.807) is 12.1 Å². The van der Waals surface area contributed by atoms with Gasteiger partial charge in [-0.1, -0.05) is 24.3 Å². The summed E-state index contributed by atoms with van der Waals surface area (Å²) in [5, 5.41) is 0. The van der Waals surface area contributed by atoms with Crippen molar-refractivity contribution in [1.82, 2.24) is 0 Å². The molecule has 1 aliphatic heterocycles. The average Bonchev–Trinajstić information content (AvgIpc) is 2.71. The molecule has 0 bridgehead atoms. The van der Waals surface area contributed by atoms with Crippen molar-refractivity contribution < 1.29 is 9.31 Å². The first-order valence-corrected chi connectivity index (χ1v) is 4.11. The van der Waals surface area contributed by atoms with Gasteiger partial charge in [0.2, 0.25) is 0 Å². The van der Waals surface area contributed by atoms with Crippen LogP contribution in [0.1, 0.15) is 0 Å². The average molecular weight is 173 g/mol. The molecule has 3 nitrogen and oxygen atoms in total. The highest BCUT2D eigenvalue weighted by molar-refractivity contribution is 6.61. The minimum atomic E-state index is -0.276. The van der Waals surface area contributed by atoms with Gasteiger partial charge in [-0.2, -0.15) is 0 Å². The fraction of sp³-hybridized carbons (Fsp3) is 0.222. The zero-order valence-corrected chi connectivity index (χ0v) is 7.06. The molecule has 1 aromatic carbocycles. The van der Waals surface area contributed by atoms with Crippen molar-refractivity contribution in [2.75, 3.05) is 13.2 Å². The molecule has 1 saturated heterocycles. The van der Waals surface area contributed by atoms with Crippen molar-refractivity contribution in [2.45, 2.75) is 0 Å². The molecular formula is C9H8BNO2. The molecule has 0 atom stereocenters. The number of hydrogen-bond donors (Lipinski definition) is 0. The minimum absolute atomic E-state index is 0.276. The summed E-state index contributed by atoms with van der Waals surface area (Å²) in [6, 6.07) is 7.31. The summed E-state index contributed by atoms with van der Waals surface area (Å²) in [6.45, 7) is 8.12. The molecule has 0 unspecified atom stereocenters. The zero-order valence-electron chi connectivity index (χ0n) is 7.06. The van der Waals surface area contributed by atoms with E-state index in [0.29, 0.717) is 18.9 Å². The standard InChI is InChI=1S/C9H8BNO2/c1-11-9-4-2-3-8(7-9)10-12-5-6-13-10/h2-4,7H,5-6H2. The van der Waals surface area contributed by atoms with Crippen molar-refractivity contribution in [1.29, 1.82) is 0 Å². The summed E-state index contributed by atoms with van der Waals surface area (Å²) in [6.07, 6.45) is 0. The van der Waals surface area contributed by atoms with Gasteiger partial charge in [0.1, 0.15) is 0 Å². The van der Waals surface area contributed by atoms with E-state index >= 15 is 0 Å². The van der Waals surface area contributed by atoms with E-state index in [-0.39, 0.29) is 7.12 Å². The Hall–Kier alpha value is -1.31. The van der Waals surface area contributed by atoms with Crippen molar-refractivity contribution in [3.63, 3.8) is 0 Å². The third-order valence-corrected chi connectivity index (χ3v) is 1.89. The molecule has 1 heterocycles. The molecule has 0 aromatic heterocycles. The number of hydrogen-bond acceptors (Lipinski definition) is 2. The van der Waals surface area contributed by atoms with Gasteiger partial charge in [-0.05, 0) is 5.46 Å².